The van der Waals surface area contributed by atoms with E-state index in [1.807, 2.05) is 25.1 Å². The zero-order valence-corrected chi connectivity index (χ0v) is 10.4. The van der Waals surface area contributed by atoms with Crippen molar-refractivity contribution in [1.82, 2.24) is 5.32 Å². The molecule has 17 heavy (non-hydrogen) atoms. The van der Waals surface area contributed by atoms with Gasteiger partial charge in [0.15, 0.2) is 0 Å². The number of rotatable bonds is 6. The number of hydrogen-bond acceptors (Lipinski definition) is 3. The molecule has 1 atom stereocenters. The Balaban J connectivity index is 2.65. The minimum Gasteiger partial charge on any atom is -0.383 e. The van der Waals surface area contributed by atoms with Crippen LogP contribution < -0.4 is 11.1 Å². The number of carbonyl (C=O) groups is 1. The quantitative estimate of drug-likeness (QED) is 0.773. The predicted octanol–water partition coefficient (Wildman–Crippen LogP) is 0.953. The molecule has 4 nitrogen and oxygen atoms in total. The monoisotopic (exact) mass is 236 g/mol. The van der Waals surface area contributed by atoms with E-state index in [0.29, 0.717) is 18.7 Å². The van der Waals surface area contributed by atoms with Gasteiger partial charge in [-0.25, -0.2) is 0 Å². The van der Waals surface area contributed by atoms with Gasteiger partial charge in [0.05, 0.1) is 6.61 Å². The van der Waals surface area contributed by atoms with Crippen LogP contribution in [0.1, 0.15) is 22.8 Å². The second kappa shape index (κ2) is 7.04. The summed E-state index contributed by atoms with van der Waals surface area (Å²) in [6, 6.07) is 7.53. The Hall–Kier alpha value is -1.39. The number of nitrogens with one attached hydrogen (secondary N) is 1. The molecule has 94 valence electrons. The molecule has 0 aliphatic heterocycles. The average Bonchev–Trinajstić information content (AvgIpc) is 2.30. The lowest BCUT2D eigenvalue weighted by Crippen LogP contribution is -2.35. The summed E-state index contributed by atoms with van der Waals surface area (Å²) in [4.78, 5) is 11.9. The highest BCUT2D eigenvalue weighted by atomic mass is 16.5. The number of nitrogens with two attached hydrogens (primary N) is 1. The molecule has 0 heterocycles. The number of benzene rings is 1. The van der Waals surface area contributed by atoms with Crippen LogP contribution in [0.3, 0.4) is 0 Å². The van der Waals surface area contributed by atoms with E-state index < -0.39 is 0 Å². The maximum Gasteiger partial charge on any atom is 0.251 e. The summed E-state index contributed by atoms with van der Waals surface area (Å²) in [7, 11) is 1.62. The standard InChI is InChI=1S/C13H20N2O2/c1-10(9-17-2)15-13(16)12-5-3-4-11(8-12)6-7-14/h3-5,8,10H,6-7,9,14H2,1-2H3,(H,15,16). The van der Waals surface area contributed by atoms with Crippen LogP contribution in [0.15, 0.2) is 24.3 Å². The Morgan fingerprint density at radius 2 is 2.29 bits per heavy atom. The van der Waals surface area contributed by atoms with Crippen LogP contribution in [0.4, 0.5) is 0 Å². The van der Waals surface area contributed by atoms with Gasteiger partial charge in [-0.05, 0) is 37.6 Å². The fraction of sp³-hybridized carbons (Fsp3) is 0.462. The molecule has 0 fully saturated rings. The third kappa shape index (κ3) is 4.54. The molecular formula is C13H20N2O2. The summed E-state index contributed by atoms with van der Waals surface area (Å²) in [6.45, 7) is 3.00. The van der Waals surface area contributed by atoms with Crippen LogP contribution in [0.2, 0.25) is 0 Å². The van der Waals surface area contributed by atoms with Gasteiger partial charge in [0.2, 0.25) is 0 Å². The molecule has 0 bridgehead atoms. The molecule has 1 rings (SSSR count). The van der Waals surface area contributed by atoms with Crippen LogP contribution in [-0.2, 0) is 11.2 Å². The van der Waals surface area contributed by atoms with Crippen LogP contribution in [0, 0.1) is 0 Å². The second-order valence-corrected chi connectivity index (χ2v) is 4.07. The van der Waals surface area contributed by atoms with Crippen molar-refractivity contribution in [1.29, 1.82) is 0 Å². The number of methoxy groups -OCH3 is 1. The lowest BCUT2D eigenvalue weighted by Gasteiger charge is -2.13. The fourth-order valence-electron chi connectivity index (χ4n) is 1.63. The highest BCUT2D eigenvalue weighted by Gasteiger charge is 2.09. The average molecular weight is 236 g/mol. The molecule has 1 amide bonds. The molecule has 1 aromatic rings. The van der Waals surface area contributed by atoms with Crippen LogP contribution >= 0.6 is 0 Å². The summed E-state index contributed by atoms with van der Waals surface area (Å²) in [5.41, 5.74) is 7.24. The van der Waals surface area contributed by atoms with Gasteiger partial charge >= 0.3 is 0 Å². The number of hydrogen-bond donors (Lipinski definition) is 2. The van der Waals surface area contributed by atoms with E-state index in [9.17, 15) is 4.79 Å². The molecule has 1 unspecified atom stereocenters. The van der Waals surface area contributed by atoms with E-state index in [2.05, 4.69) is 5.32 Å². The number of carbonyl (C=O) groups excluding carboxylic acids is 1. The number of amides is 1. The van der Waals surface area contributed by atoms with Gasteiger partial charge in [-0.3, -0.25) is 4.79 Å². The lowest BCUT2D eigenvalue weighted by molar-refractivity contribution is 0.0905. The first-order valence-electron chi connectivity index (χ1n) is 5.76. The molecule has 1 aromatic carbocycles. The third-order valence-corrected chi connectivity index (χ3v) is 2.42. The van der Waals surface area contributed by atoms with Crippen LogP contribution in [0.25, 0.3) is 0 Å². The van der Waals surface area contributed by atoms with Gasteiger partial charge in [-0.15, -0.1) is 0 Å². The Morgan fingerprint density at radius 1 is 1.53 bits per heavy atom. The van der Waals surface area contributed by atoms with Gasteiger partial charge in [0.1, 0.15) is 0 Å². The van der Waals surface area contributed by atoms with Crippen molar-refractivity contribution >= 4 is 5.91 Å². The zero-order valence-electron chi connectivity index (χ0n) is 10.4. The predicted molar refractivity (Wildman–Crippen MR) is 68.0 cm³/mol. The van der Waals surface area contributed by atoms with E-state index in [1.165, 1.54) is 0 Å². The highest BCUT2D eigenvalue weighted by molar-refractivity contribution is 5.94. The summed E-state index contributed by atoms with van der Waals surface area (Å²) in [5.74, 6) is -0.0755. The number of ether oxygens (including phenoxy) is 1. The summed E-state index contributed by atoms with van der Waals surface area (Å²) in [5, 5.41) is 2.87. The van der Waals surface area contributed by atoms with E-state index in [-0.39, 0.29) is 11.9 Å². The van der Waals surface area contributed by atoms with Crippen molar-refractivity contribution in [2.75, 3.05) is 20.3 Å². The van der Waals surface area contributed by atoms with Gasteiger partial charge in [-0.1, -0.05) is 12.1 Å². The fourth-order valence-corrected chi connectivity index (χ4v) is 1.63. The second-order valence-electron chi connectivity index (χ2n) is 4.07. The zero-order chi connectivity index (χ0) is 12.7. The first kappa shape index (κ1) is 13.7. The van der Waals surface area contributed by atoms with Crippen molar-refractivity contribution in [3.05, 3.63) is 35.4 Å². The highest BCUT2D eigenvalue weighted by Crippen LogP contribution is 2.06. The van der Waals surface area contributed by atoms with Gasteiger partial charge in [0.25, 0.3) is 5.91 Å². The largest absolute Gasteiger partial charge is 0.383 e. The normalized spacial score (nSPS) is 12.2. The Kier molecular flexibility index (Phi) is 5.66. The van der Waals surface area contributed by atoms with Gasteiger partial charge in [-0.2, -0.15) is 0 Å². The molecule has 0 aromatic heterocycles. The minimum absolute atomic E-state index is 0.00524. The Labute approximate surface area is 102 Å². The first-order valence-corrected chi connectivity index (χ1v) is 5.76. The maximum atomic E-state index is 11.9. The Bertz CT molecular complexity index is 366. The summed E-state index contributed by atoms with van der Waals surface area (Å²) < 4.78 is 4.97. The lowest BCUT2D eigenvalue weighted by atomic mass is 10.1. The summed E-state index contributed by atoms with van der Waals surface area (Å²) >= 11 is 0. The van der Waals surface area contributed by atoms with E-state index >= 15 is 0 Å². The molecule has 0 radical (unpaired) electrons. The summed E-state index contributed by atoms with van der Waals surface area (Å²) in [6.07, 6.45) is 0.786. The van der Waals surface area contributed by atoms with Crippen molar-refractivity contribution < 1.29 is 9.53 Å². The van der Waals surface area contributed by atoms with Crippen LogP contribution in [0.5, 0.6) is 0 Å². The maximum absolute atomic E-state index is 11.9. The molecule has 0 spiro atoms. The molecule has 3 N–H and O–H groups in total. The molecule has 0 aliphatic rings. The smallest absolute Gasteiger partial charge is 0.251 e. The van der Waals surface area contributed by atoms with E-state index in [0.717, 1.165) is 12.0 Å². The molecule has 0 saturated heterocycles. The molecule has 4 heteroatoms. The van der Waals surface area contributed by atoms with Crippen molar-refractivity contribution in [3.63, 3.8) is 0 Å². The molecular weight excluding hydrogens is 216 g/mol. The van der Waals surface area contributed by atoms with E-state index in [4.69, 9.17) is 10.5 Å². The van der Waals surface area contributed by atoms with Crippen molar-refractivity contribution in [2.24, 2.45) is 5.73 Å². The van der Waals surface area contributed by atoms with Gasteiger partial charge in [0, 0.05) is 18.7 Å². The first-order chi connectivity index (χ1) is 8.17. The topological polar surface area (TPSA) is 64.3 Å². The third-order valence-electron chi connectivity index (χ3n) is 2.42. The van der Waals surface area contributed by atoms with Gasteiger partial charge < -0.3 is 15.8 Å². The van der Waals surface area contributed by atoms with Crippen LogP contribution in [-0.4, -0.2) is 32.2 Å². The molecule has 0 saturated carbocycles. The van der Waals surface area contributed by atoms with Crippen molar-refractivity contribution in [2.45, 2.75) is 19.4 Å². The Morgan fingerprint density at radius 3 is 2.94 bits per heavy atom. The minimum atomic E-state index is -0.0755. The molecule has 0 aliphatic carbocycles. The van der Waals surface area contributed by atoms with Crippen molar-refractivity contribution in [3.8, 4) is 0 Å². The SMILES string of the molecule is COCC(C)NC(=O)c1cccc(CCN)c1. The van der Waals surface area contributed by atoms with E-state index in [1.54, 1.807) is 13.2 Å².